The molecule has 6 aromatic heterocycles. The molecule has 0 saturated carbocycles. The van der Waals surface area contributed by atoms with E-state index in [1.54, 1.807) is 0 Å². The molecule has 17 aromatic carbocycles. The van der Waals surface area contributed by atoms with E-state index in [1.807, 2.05) is 60.7 Å². The van der Waals surface area contributed by atoms with Crippen molar-refractivity contribution in [3.8, 4) is 72.7 Å². The van der Waals surface area contributed by atoms with Crippen LogP contribution in [0.4, 0.5) is 0 Å². The molecular formula is C102H62Cl3N3O3. The number of hydrogen-bond donors (Lipinski definition) is 0. The molecule has 23 rings (SSSR count). The summed E-state index contributed by atoms with van der Waals surface area (Å²) in [5.74, 6) is 0. The number of nitrogens with zero attached hydrogens (tertiary/aromatic N) is 3. The molecule has 0 unspecified atom stereocenters. The normalized spacial score (nSPS) is 11.7. The maximum atomic E-state index is 6.41. The quantitative estimate of drug-likeness (QED) is 0.152. The number of rotatable bonds is 8. The van der Waals surface area contributed by atoms with Crippen molar-refractivity contribution in [2.75, 3.05) is 0 Å². The number of benzene rings is 17. The highest BCUT2D eigenvalue weighted by Gasteiger charge is 2.21. The van der Waals surface area contributed by atoms with E-state index in [1.165, 1.54) is 82.1 Å². The first kappa shape index (κ1) is 65.7. The van der Waals surface area contributed by atoms with Crippen LogP contribution in [0.3, 0.4) is 0 Å². The van der Waals surface area contributed by atoms with Gasteiger partial charge in [-0.2, -0.15) is 0 Å². The Morgan fingerprint density at radius 1 is 0.180 bits per heavy atom. The summed E-state index contributed by atoms with van der Waals surface area (Å²) in [6.07, 6.45) is 0. The lowest BCUT2D eigenvalue weighted by Crippen LogP contribution is -1.93. The minimum Gasteiger partial charge on any atom is -0.455 e. The number of furan rings is 3. The third-order valence-electron chi connectivity index (χ3n) is 21.8. The Morgan fingerprint density at radius 3 is 0.910 bits per heavy atom. The van der Waals surface area contributed by atoms with Gasteiger partial charge in [-0.25, -0.2) is 0 Å². The van der Waals surface area contributed by atoms with Crippen molar-refractivity contribution in [1.29, 1.82) is 0 Å². The second-order valence-corrected chi connectivity index (χ2v) is 29.5. The fraction of sp³-hybridized carbons (Fsp3) is 0. The van der Waals surface area contributed by atoms with Gasteiger partial charge >= 0.3 is 0 Å². The second-order valence-electron chi connectivity index (χ2n) is 28.2. The number of aromatic nitrogens is 3. The Morgan fingerprint density at radius 2 is 0.495 bits per heavy atom. The molecule has 0 spiro atoms. The van der Waals surface area contributed by atoms with E-state index in [4.69, 9.17) is 48.1 Å². The Kier molecular flexibility index (Phi) is 16.0. The van der Waals surface area contributed by atoms with Crippen molar-refractivity contribution in [1.82, 2.24) is 13.7 Å². The van der Waals surface area contributed by atoms with Gasteiger partial charge in [0, 0.05) is 103 Å². The largest absolute Gasteiger partial charge is 0.455 e. The molecular weight excluding hydrogens is 1420 g/mol. The van der Waals surface area contributed by atoms with Crippen LogP contribution in [0.2, 0.25) is 15.1 Å². The lowest BCUT2D eigenvalue weighted by molar-refractivity contribution is 0.669. The molecule has 6 heterocycles. The molecule has 0 aliphatic rings. The molecule has 0 bridgehead atoms. The van der Waals surface area contributed by atoms with Crippen LogP contribution in [-0.2, 0) is 0 Å². The van der Waals surface area contributed by atoms with Gasteiger partial charge in [0.15, 0.2) is 5.58 Å². The van der Waals surface area contributed by atoms with Gasteiger partial charge in [-0.05, 0) is 184 Å². The maximum Gasteiger partial charge on any atom is 0.153 e. The molecule has 0 aliphatic heterocycles. The summed E-state index contributed by atoms with van der Waals surface area (Å²) in [5.41, 5.74) is 27.0. The molecule has 0 atom stereocenters. The van der Waals surface area contributed by atoms with Crippen LogP contribution in [0.1, 0.15) is 0 Å². The molecule has 0 radical (unpaired) electrons. The molecule has 0 saturated heterocycles. The molecule has 9 heteroatoms. The van der Waals surface area contributed by atoms with E-state index in [9.17, 15) is 0 Å². The molecule has 0 N–H and O–H groups in total. The fourth-order valence-electron chi connectivity index (χ4n) is 16.7. The average Bonchev–Trinajstić information content (AvgIpc) is 1.61. The van der Waals surface area contributed by atoms with Crippen LogP contribution in [0.15, 0.2) is 389 Å². The molecule has 0 fully saturated rings. The molecule has 23 aromatic rings. The standard InChI is InChI=1S/2C36H22ClNO.C30H18ClNO/c37-26-9-6-8-25(20-26)28-13-7-14-31-32-21-23(17-19-35(32)39-36(28)31)24-16-18-30-29-12-4-5-15-33(29)38(34(30)22-24)27-10-2-1-3-11-27;37-26-17-13-23(14-18-26)28-10-6-11-31-32-21-24(16-20-35(32)39-36(28)31)25-15-19-30-29-9-4-5-12-33(29)38(34(30)22-25)27-7-2-1-3-8-27;31-26-11-6-10-24-25-17-19(14-16-29(25)33-30(24)26)20-13-15-23-22-9-4-5-12-27(22)32(28(23)18-20)21-7-2-1-3-8-21/h2*1-22H;1-18H. The average molecular weight is 1480 g/mol. The van der Waals surface area contributed by atoms with E-state index in [2.05, 4.69) is 329 Å². The Balaban J connectivity index is 0.000000106. The minimum absolute atomic E-state index is 0.638. The summed E-state index contributed by atoms with van der Waals surface area (Å²) in [7, 11) is 0. The van der Waals surface area contributed by atoms with E-state index < -0.39 is 0 Å². The molecule has 6 nitrogen and oxygen atoms in total. The zero-order valence-corrected chi connectivity index (χ0v) is 61.8. The zero-order valence-electron chi connectivity index (χ0n) is 59.5. The Labute approximate surface area is 652 Å². The number of para-hydroxylation sites is 9. The molecule has 111 heavy (non-hydrogen) atoms. The van der Waals surface area contributed by atoms with E-state index in [-0.39, 0.29) is 0 Å². The van der Waals surface area contributed by atoms with Crippen molar-refractivity contribution in [3.63, 3.8) is 0 Å². The lowest BCUT2D eigenvalue weighted by Gasteiger charge is -2.09. The summed E-state index contributed by atoms with van der Waals surface area (Å²) in [4.78, 5) is 0. The van der Waals surface area contributed by atoms with Gasteiger partial charge < -0.3 is 27.0 Å². The first-order chi connectivity index (χ1) is 54.8. The summed E-state index contributed by atoms with van der Waals surface area (Å²) < 4.78 is 25.9. The van der Waals surface area contributed by atoms with Gasteiger partial charge in [-0.3, -0.25) is 0 Å². The smallest absolute Gasteiger partial charge is 0.153 e. The van der Waals surface area contributed by atoms with Crippen LogP contribution in [0.25, 0.3) is 204 Å². The number of halogens is 3. The van der Waals surface area contributed by atoms with Crippen LogP contribution < -0.4 is 0 Å². The van der Waals surface area contributed by atoms with Gasteiger partial charge in [0.05, 0.1) is 38.1 Å². The molecule has 524 valence electrons. The van der Waals surface area contributed by atoms with Crippen molar-refractivity contribution in [2.45, 2.75) is 0 Å². The van der Waals surface area contributed by atoms with Gasteiger partial charge in [-0.1, -0.05) is 271 Å². The second kappa shape index (κ2) is 27.0. The predicted octanol–water partition coefficient (Wildman–Crippen LogP) is 30.3. The number of fused-ring (bicyclic) bond motifs is 18. The van der Waals surface area contributed by atoms with E-state index in [0.717, 1.165) is 127 Å². The van der Waals surface area contributed by atoms with Crippen LogP contribution in [0.5, 0.6) is 0 Å². The lowest BCUT2D eigenvalue weighted by atomic mass is 9.99. The third kappa shape index (κ3) is 11.3. The maximum absolute atomic E-state index is 6.41. The van der Waals surface area contributed by atoms with E-state index in [0.29, 0.717) is 10.0 Å². The molecule has 0 aliphatic carbocycles. The summed E-state index contributed by atoms with van der Waals surface area (Å²) in [5, 5.41) is 16.1. The molecule has 0 amide bonds. The van der Waals surface area contributed by atoms with Crippen molar-refractivity contribution >= 4 is 166 Å². The SMILES string of the molecule is Clc1ccc(-c2cccc3c2oc2ccc(-c4ccc5c6ccccc6n(-c6ccccc6)c5c4)cc23)cc1.Clc1cccc(-c2cccc3c2oc2ccc(-c4ccc5c6ccccc6n(-c6ccccc6)c5c4)cc23)c1.Clc1cccc2c1oc1ccc(-c3ccc4c5ccccc5n(-c5ccccc5)c4c3)cc12. The summed E-state index contributed by atoms with van der Waals surface area (Å²) in [6.45, 7) is 0. The van der Waals surface area contributed by atoms with Gasteiger partial charge in [0.1, 0.15) is 27.9 Å². The topological polar surface area (TPSA) is 54.2 Å². The Hall–Kier alpha value is -13.6. The first-order valence-corrected chi connectivity index (χ1v) is 38.2. The van der Waals surface area contributed by atoms with Gasteiger partial charge in [-0.15, -0.1) is 0 Å². The zero-order chi connectivity index (χ0) is 73.8. The predicted molar refractivity (Wildman–Crippen MR) is 466 cm³/mol. The van der Waals surface area contributed by atoms with E-state index >= 15 is 0 Å². The summed E-state index contributed by atoms with van der Waals surface area (Å²) in [6, 6.07) is 132. The summed E-state index contributed by atoms with van der Waals surface area (Å²) >= 11 is 18.8. The highest BCUT2D eigenvalue weighted by molar-refractivity contribution is 6.36. The van der Waals surface area contributed by atoms with Crippen molar-refractivity contribution in [3.05, 3.63) is 391 Å². The monoisotopic (exact) mass is 1480 g/mol. The minimum atomic E-state index is 0.638. The van der Waals surface area contributed by atoms with Gasteiger partial charge in [0.2, 0.25) is 0 Å². The highest BCUT2D eigenvalue weighted by Crippen LogP contribution is 2.45. The Bertz CT molecular complexity index is 7610. The van der Waals surface area contributed by atoms with Crippen molar-refractivity contribution < 1.29 is 13.3 Å². The van der Waals surface area contributed by atoms with Crippen LogP contribution in [-0.4, -0.2) is 13.7 Å². The van der Waals surface area contributed by atoms with Crippen LogP contribution in [0, 0.1) is 0 Å². The highest BCUT2D eigenvalue weighted by atomic mass is 35.5. The fourth-order valence-corrected chi connectivity index (χ4v) is 17.2. The van der Waals surface area contributed by atoms with Crippen LogP contribution >= 0.6 is 34.8 Å². The first-order valence-electron chi connectivity index (χ1n) is 37.1. The third-order valence-corrected chi connectivity index (χ3v) is 22.6. The van der Waals surface area contributed by atoms with Gasteiger partial charge in [0.25, 0.3) is 0 Å². The van der Waals surface area contributed by atoms with Crippen molar-refractivity contribution in [2.24, 2.45) is 0 Å². The number of hydrogen-bond acceptors (Lipinski definition) is 3.